The molecule has 0 rings (SSSR count). The topological polar surface area (TPSA) is 80.3 Å². The van der Waals surface area contributed by atoms with E-state index in [9.17, 15) is 19.8 Å². The molecule has 0 saturated heterocycles. The summed E-state index contributed by atoms with van der Waals surface area (Å²) in [6.45, 7) is 7.61. The minimum atomic E-state index is -1.57. The summed E-state index contributed by atoms with van der Waals surface area (Å²) in [5.41, 5.74) is -0.122. The summed E-state index contributed by atoms with van der Waals surface area (Å²) in [4.78, 5) is 20.9. The first-order valence-corrected chi connectivity index (χ1v) is 4.58. The smallest absolute Gasteiger partial charge is 0.549 e. The van der Waals surface area contributed by atoms with Crippen LogP contribution in [-0.4, -0.2) is 11.9 Å². The van der Waals surface area contributed by atoms with Gasteiger partial charge in [-0.1, -0.05) is 27.7 Å². The Balaban J connectivity index is -0.000000845. The Morgan fingerprint density at radius 2 is 1.44 bits per heavy atom. The summed E-state index contributed by atoms with van der Waals surface area (Å²) >= 11 is 0. The van der Waals surface area contributed by atoms with Gasteiger partial charge in [-0.2, -0.15) is 0 Å². The molecular formula is C10H16KLiO4. The van der Waals surface area contributed by atoms with Gasteiger partial charge in [-0.25, -0.2) is 0 Å². The van der Waals surface area contributed by atoms with Crippen molar-refractivity contribution in [3.63, 3.8) is 0 Å². The molecule has 0 spiro atoms. The summed E-state index contributed by atoms with van der Waals surface area (Å²) in [6.07, 6.45) is 0.0498. The van der Waals surface area contributed by atoms with Crippen molar-refractivity contribution in [1.82, 2.24) is 0 Å². The Labute approximate surface area is 151 Å². The molecule has 0 radical (unpaired) electrons. The van der Waals surface area contributed by atoms with Gasteiger partial charge in [0.25, 0.3) is 0 Å². The van der Waals surface area contributed by atoms with Gasteiger partial charge < -0.3 is 19.8 Å². The molecular weight excluding hydrogens is 230 g/mol. The molecule has 0 saturated carbocycles. The number of hydrogen-bond donors (Lipinski definition) is 0. The molecule has 0 aliphatic rings. The van der Waals surface area contributed by atoms with Gasteiger partial charge in [0.2, 0.25) is 0 Å². The van der Waals surface area contributed by atoms with Crippen LogP contribution in [-0.2, 0) is 9.59 Å². The number of carboxylic acids is 2. The van der Waals surface area contributed by atoms with E-state index in [0.717, 1.165) is 0 Å². The summed E-state index contributed by atoms with van der Waals surface area (Å²) in [7, 11) is 0. The summed E-state index contributed by atoms with van der Waals surface area (Å²) < 4.78 is 0. The van der Waals surface area contributed by atoms with Crippen molar-refractivity contribution in [3.8, 4) is 0 Å². The second kappa shape index (κ2) is 9.15. The van der Waals surface area contributed by atoms with Gasteiger partial charge in [-0.3, -0.25) is 0 Å². The number of rotatable bonds is 4. The van der Waals surface area contributed by atoms with E-state index in [1.54, 1.807) is 0 Å². The minimum Gasteiger partial charge on any atom is -0.549 e. The van der Waals surface area contributed by atoms with E-state index >= 15 is 0 Å². The van der Waals surface area contributed by atoms with E-state index < -0.39 is 17.9 Å². The largest absolute Gasteiger partial charge is 1.00 e. The van der Waals surface area contributed by atoms with Crippen LogP contribution in [0.1, 0.15) is 34.1 Å². The molecule has 1 unspecified atom stereocenters. The van der Waals surface area contributed by atoms with E-state index in [-0.39, 0.29) is 88.0 Å². The standard InChI is InChI=1S/C10H18O4.K.Li/c1-6(10(2,3)4)5-7(8(11)12)9(13)14;;/h6-7H,5H2,1-4H3,(H,11,12)(H,13,14);;/q;2*+1/p-2. The van der Waals surface area contributed by atoms with Crippen molar-refractivity contribution in [2.75, 3.05) is 0 Å². The van der Waals surface area contributed by atoms with Crippen LogP contribution in [0.3, 0.4) is 0 Å². The van der Waals surface area contributed by atoms with Crippen molar-refractivity contribution in [2.45, 2.75) is 34.1 Å². The van der Waals surface area contributed by atoms with Gasteiger partial charge in [0.1, 0.15) is 0 Å². The molecule has 0 aliphatic heterocycles. The van der Waals surface area contributed by atoms with E-state index in [2.05, 4.69) is 0 Å². The van der Waals surface area contributed by atoms with Crippen molar-refractivity contribution >= 4 is 11.9 Å². The van der Waals surface area contributed by atoms with E-state index in [4.69, 9.17) is 0 Å². The Bertz CT molecular complexity index is 223. The first-order valence-electron chi connectivity index (χ1n) is 4.58. The van der Waals surface area contributed by atoms with Gasteiger partial charge in [0, 0.05) is 5.92 Å². The predicted octanol–water partition coefficient (Wildman–Crippen LogP) is -6.82. The maximum atomic E-state index is 10.5. The number of carbonyl (C=O) groups is 2. The number of carbonyl (C=O) groups excluding carboxylic acids is 2. The zero-order valence-corrected chi connectivity index (χ0v) is 14.1. The van der Waals surface area contributed by atoms with E-state index in [0.29, 0.717) is 0 Å². The average molecular weight is 246 g/mol. The van der Waals surface area contributed by atoms with Crippen molar-refractivity contribution in [1.29, 1.82) is 0 Å². The summed E-state index contributed by atoms with van der Waals surface area (Å²) in [5.74, 6) is -4.67. The molecule has 0 aromatic carbocycles. The molecule has 16 heavy (non-hydrogen) atoms. The predicted molar refractivity (Wildman–Crippen MR) is 46.7 cm³/mol. The fourth-order valence-corrected chi connectivity index (χ4v) is 0.996. The third kappa shape index (κ3) is 8.29. The third-order valence-electron chi connectivity index (χ3n) is 2.64. The Morgan fingerprint density at radius 1 is 1.12 bits per heavy atom. The SMILES string of the molecule is CC(CC(C(=O)[O-])C(=O)[O-])C(C)(C)C.[K+].[Li+]. The van der Waals surface area contributed by atoms with Gasteiger partial charge in [0.05, 0.1) is 11.9 Å². The van der Waals surface area contributed by atoms with Crippen LogP contribution in [0.4, 0.5) is 0 Å². The van der Waals surface area contributed by atoms with Crippen molar-refractivity contribution < 1.29 is 90.0 Å². The Kier molecular flexibility index (Phi) is 12.8. The normalized spacial score (nSPS) is 12.3. The van der Waals surface area contributed by atoms with E-state index in [1.807, 2.05) is 27.7 Å². The monoisotopic (exact) mass is 246 g/mol. The van der Waals surface area contributed by atoms with E-state index in [1.165, 1.54) is 0 Å². The molecule has 4 nitrogen and oxygen atoms in total. The van der Waals surface area contributed by atoms with Gasteiger partial charge >= 0.3 is 70.2 Å². The zero-order chi connectivity index (χ0) is 11.5. The van der Waals surface area contributed by atoms with Crippen molar-refractivity contribution in [2.24, 2.45) is 17.3 Å². The summed E-state index contributed by atoms with van der Waals surface area (Å²) in [5, 5.41) is 20.9. The first kappa shape index (κ1) is 22.4. The van der Waals surface area contributed by atoms with Crippen LogP contribution in [0.5, 0.6) is 0 Å². The number of aliphatic carboxylic acids is 2. The minimum absolute atomic E-state index is 0. The van der Waals surface area contributed by atoms with Crippen molar-refractivity contribution in [3.05, 3.63) is 0 Å². The molecule has 0 aliphatic carbocycles. The molecule has 0 aromatic heterocycles. The average Bonchev–Trinajstić information content (AvgIpc) is 1.96. The quantitative estimate of drug-likeness (QED) is 0.365. The number of carboxylic acid groups (broad SMARTS) is 2. The Hall–Kier alpha value is 1.17. The molecule has 6 heteroatoms. The molecule has 0 amide bonds. The van der Waals surface area contributed by atoms with Crippen LogP contribution < -0.4 is 80.5 Å². The second-order valence-corrected chi connectivity index (χ2v) is 4.69. The molecule has 0 N–H and O–H groups in total. The molecule has 0 heterocycles. The number of hydrogen-bond acceptors (Lipinski definition) is 4. The van der Waals surface area contributed by atoms with Gasteiger partial charge in [0.15, 0.2) is 0 Å². The first-order chi connectivity index (χ1) is 6.16. The van der Waals surface area contributed by atoms with Crippen LogP contribution in [0.2, 0.25) is 0 Å². The van der Waals surface area contributed by atoms with Gasteiger partial charge in [-0.05, 0) is 17.8 Å². The molecule has 0 fully saturated rings. The fraction of sp³-hybridized carbons (Fsp3) is 0.800. The Morgan fingerprint density at radius 3 is 1.62 bits per heavy atom. The van der Waals surface area contributed by atoms with Crippen LogP contribution in [0.15, 0.2) is 0 Å². The zero-order valence-electron chi connectivity index (χ0n) is 11.0. The maximum absolute atomic E-state index is 10.5. The molecule has 82 valence electrons. The van der Waals surface area contributed by atoms with Gasteiger partial charge in [-0.15, -0.1) is 0 Å². The third-order valence-corrected chi connectivity index (χ3v) is 2.64. The second-order valence-electron chi connectivity index (χ2n) is 4.69. The van der Waals surface area contributed by atoms with Crippen LogP contribution >= 0.6 is 0 Å². The molecule has 1 atom stereocenters. The summed E-state index contributed by atoms with van der Waals surface area (Å²) in [6, 6.07) is 0. The molecule has 0 bridgehead atoms. The molecule has 0 aromatic rings. The maximum Gasteiger partial charge on any atom is 1.00 e. The van der Waals surface area contributed by atoms with Crippen LogP contribution in [0, 0.1) is 17.3 Å². The van der Waals surface area contributed by atoms with Crippen LogP contribution in [0.25, 0.3) is 0 Å². The fourth-order valence-electron chi connectivity index (χ4n) is 0.996.